The molecule has 2 aromatic rings. The highest BCUT2D eigenvalue weighted by atomic mass is 16.5. The van der Waals surface area contributed by atoms with Gasteiger partial charge in [0.15, 0.2) is 0 Å². The number of esters is 2. The molecule has 2 rings (SSSR count). The van der Waals surface area contributed by atoms with Gasteiger partial charge in [-0.25, -0.2) is 9.59 Å². The molecule has 2 aromatic carbocycles. The second kappa shape index (κ2) is 8.53. The fourth-order valence-electron chi connectivity index (χ4n) is 1.67. The SMILES string of the molecule is C=C(C)C(=O)Oc1ccc(N=Nc2ccc(OC(=O)C(=C)C)cc2)cc1. The molecule has 132 valence electrons. The summed E-state index contributed by atoms with van der Waals surface area (Å²) in [5.41, 5.74) is 1.84. The van der Waals surface area contributed by atoms with E-state index >= 15 is 0 Å². The second-order valence-electron chi connectivity index (χ2n) is 5.53. The molecule has 0 atom stereocenters. The first kappa shape index (κ1) is 18.8. The predicted molar refractivity (Wildman–Crippen MR) is 98.0 cm³/mol. The Kier molecular flexibility index (Phi) is 6.16. The van der Waals surface area contributed by atoms with Crippen LogP contribution in [0.15, 0.2) is 83.1 Å². The van der Waals surface area contributed by atoms with Crippen LogP contribution in [0, 0.1) is 0 Å². The molecular weight excluding hydrogens is 332 g/mol. The van der Waals surface area contributed by atoms with E-state index in [0.717, 1.165) is 0 Å². The lowest BCUT2D eigenvalue weighted by Crippen LogP contribution is -2.07. The molecule has 0 spiro atoms. The third-order valence-electron chi connectivity index (χ3n) is 3.07. The van der Waals surface area contributed by atoms with E-state index in [9.17, 15) is 9.59 Å². The quantitative estimate of drug-likeness (QED) is 0.315. The van der Waals surface area contributed by atoms with Crippen molar-refractivity contribution < 1.29 is 19.1 Å². The summed E-state index contributed by atoms with van der Waals surface area (Å²) in [5.74, 6) is -0.153. The van der Waals surface area contributed by atoms with Crippen LogP contribution in [0.25, 0.3) is 0 Å². The predicted octanol–water partition coefficient (Wildman–Crippen LogP) is 5.07. The molecule has 6 heteroatoms. The summed E-state index contributed by atoms with van der Waals surface area (Å²) < 4.78 is 10.2. The molecule has 0 fully saturated rings. The first-order chi connectivity index (χ1) is 12.3. The Labute approximate surface area is 151 Å². The number of rotatable bonds is 6. The third-order valence-corrected chi connectivity index (χ3v) is 3.07. The summed E-state index contributed by atoms with van der Waals surface area (Å²) >= 11 is 0. The monoisotopic (exact) mass is 350 g/mol. The lowest BCUT2D eigenvalue weighted by molar-refractivity contribution is -0.130. The Morgan fingerprint density at radius 2 is 1.00 bits per heavy atom. The first-order valence-corrected chi connectivity index (χ1v) is 7.72. The number of nitrogens with zero attached hydrogens (tertiary/aromatic N) is 2. The highest BCUT2D eigenvalue weighted by Crippen LogP contribution is 2.23. The van der Waals surface area contributed by atoms with E-state index < -0.39 is 11.9 Å². The Balaban J connectivity index is 1.98. The fraction of sp³-hybridized carbons (Fsp3) is 0.100. The van der Waals surface area contributed by atoms with Gasteiger partial charge < -0.3 is 9.47 Å². The minimum Gasteiger partial charge on any atom is -0.423 e. The van der Waals surface area contributed by atoms with Gasteiger partial charge in [-0.05, 0) is 62.4 Å². The van der Waals surface area contributed by atoms with Crippen molar-refractivity contribution in [3.05, 3.63) is 72.8 Å². The van der Waals surface area contributed by atoms with Gasteiger partial charge in [-0.2, -0.15) is 10.2 Å². The van der Waals surface area contributed by atoms with Crippen LogP contribution in [0.4, 0.5) is 11.4 Å². The standard InChI is InChI=1S/C20H18N2O4/c1-13(2)19(23)25-17-9-5-15(6-10-17)21-22-16-7-11-18(12-8-16)26-20(24)14(3)4/h5-12H,1,3H2,2,4H3. The highest BCUT2D eigenvalue weighted by Gasteiger charge is 2.06. The first-order valence-electron chi connectivity index (χ1n) is 7.72. The van der Waals surface area contributed by atoms with E-state index in [1.165, 1.54) is 0 Å². The zero-order chi connectivity index (χ0) is 19.1. The number of benzene rings is 2. The van der Waals surface area contributed by atoms with Gasteiger partial charge in [0.2, 0.25) is 0 Å². The Hall–Kier alpha value is -3.54. The normalized spacial score (nSPS) is 10.4. The maximum Gasteiger partial charge on any atom is 0.338 e. The van der Waals surface area contributed by atoms with Crippen LogP contribution in [-0.2, 0) is 9.59 Å². The van der Waals surface area contributed by atoms with Crippen molar-refractivity contribution in [2.24, 2.45) is 10.2 Å². The summed E-state index contributed by atoms with van der Waals surface area (Å²) in [5, 5.41) is 8.19. The van der Waals surface area contributed by atoms with Crippen molar-refractivity contribution in [2.45, 2.75) is 13.8 Å². The Morgan fingerprint density at radius 3 is 1.27 bits per heavy atom. The summed E-state index contributed by atoms with van der Waals surface area (Å²) in [6.45, 7) is 10.2. The van der Waals surface area contributed by atoms with E-state index in [1.54, 1.807) is 62.4 Å². The molecule has 0 amide bonds. The lowest BCUT2D eigenvalue weighted by Gasteiger charge is -2.04. The number of carbonyl (C=O) groups is 2. The van der Waals surface area contributed by atoms with E-state index in [4.69, 9.17) is 9.47 Å². The smallest absolute Gasteiger partial charge is 0.338 e. The second-order valence-corrected chi connectivity index (χ2v) is 5.53. The van der Waals surface area contributed by atoms with Crippen molar-refractivity contribution in [1.82, 2.24) is 0 Å². The molecule has 0 unspecified atom stereocenters. The van der Waals surface area contributed by atoms with Crippen molar-refractivity contribution in [3.8, 4) is 11.5 Å². The van der Waals surface area contributed by atoms with Crippen molar-refractivity contribution in [2.75, 3.05) is 0 Å². The van der Waals surface area contributed by atoms with Crippen LogP contribution in [0.1, 0.15) is 13.8 Å². The largest absolute Gasteiger partial charge is 0.423 e. The van der Waals surface area contributed by atoms with Crippen LogP contribution < -0.4 is 9.47 Å². The Bertz CT molecular complexity index is 792. The van der Waals surface area contributed by atoms with Gasteiger partial charge in [0.25, 0.3) is 0 Å². The van der Waals surface area contributed by atoms with Gasteiger partial charge in [-0.1, -0.05) is 13.2 Å². The zero-order valence-electron chi connectivity index (χ0n) is 14.6. The molecule has 0 saturated carbocycles. The molecule has 0 N–H and O–H groups in total. The van der Waals surface area contributed by atoms with E-state index in [0.29, 0.717) is 34.0 Å². The van der Waals surface area contributed by atoms with Crippen LogP contribution in [0.5, 0.6) is 11.5 Å². The summed E-state index contributed by atoms with van der Waals surface area (Å²) in [7, 11) is 0. The average Bonchev–Trinajstić information content (AvgIpc) is 2.62. The van der Waals surface area contributed by atoms with Gasteiger partial charge in [0.05, 0.1) is 11.4 Å². The molecule has 6 nitrogen and oxygen atoms in total. The Morgan fingerprint density at radius 1 is 0.692 bits per heavy atom. The summed E-state index contributed by atoms with van der Waals surface area (Å²) in [4.78, 5) is 22.9. The molecule has 0 aliphatic heterocycles. The molecule has 0 aliphatic rings. The number of azo groups is 1. The maximum atomic E-state index is 11.4. The van der Waals surface area contributed by atoms with E-state index in [1.807, 2.05) is 0 Å². The van der Waals surface area contributed by atoms with Crippen LogP contribution >= 0.6 is 0 Å². The minimum atomic E-state index is -0.480. The lowest BCUT2D eigenvalue weighted by atomic mass is 10.3. The van der Waals surface area contributed by atoms with Crippen LogP contribution in [0.2, 0.25) is 0 Å². The van der Waals surface area contributed by atoms with Crippen LogP contribution in [-0.4, -0.2) is 11.9 Å². The fourth-order valence-corrected chi connectivity index (χ4v) is 1.67. The highest BCUT2D eigenvalue weighted by molar-refractivity contribution is 5.89. The van der Waals surface area contributed by atoms with Gasteiger partial charge >= 0.3 is 11.9 Å². The topological polar surface area (TPSA) is 77.3 Å². The molecule has 0 aliphatic carbocycles. The van der Waals surface area contributed by atoms with E-state index in [2.05, 4.69) is 23.4 Å². The van der Waals surface area contributed by atoms with Gasteiger partial charge in [-0.3, -0.25) is 0 Å². The number of ether oxygens (including phenoxy) is 2. The van der Waals surface area contributed by atoms with Crippen molar-refractivity contribution in [3.63, 3.8) is 0 Å². The van der Waals surface area contributed by atoms with Crippen molar-refractivity contribution in [1.29, 1.82) is 0 Å². The van der Waals surface area contributed by atoms with Crippen molar-refractivity contribution >= 4 is 23.3 Å². The van der Waals surface area contributed by atoms with Gasteiger partial charge in [0, 0.05) is 11.1 Å². The average molecular weight is 350 g/mol. The number of carbonyl (C=O) groups excluding carboxylic acids is 2. The third kappa shape index (κ3) is 5.52. The minimum absolute atomic E-state index is 0.325. The molecule has 0 bridgehead atoms. The zero-order valence-corrected chi connectivity index (χ0v) is 14.6. The van der Waals surface area contributed by atoms with Crippen LogP contribution in [0.3, 0.4) is 0 Å². The number of hydrogen-bond acceptors (Lipinski definition) is 6. The molecule has 26 heavy (non-hydrogen) atoms. The molecule has 0 saturated heterocycles. The molecule has 0 heterocycles. The number of hydrogen-bond donors (Lipinski definition) is 0. The van der Waals surface area contributed by atoms with E-state index in [-0.39, 0.29) is 0 Å². The molecule has 0 aromatic heterocycles. The van der Waals surface area contributed by atoms with Gasteiger partial charge in [0.1, 0.15) is 11.5 Å². The maximum absolute atomic E-state index is 11.4. The van der Waals surface area contributed by atoms with Gasteiger partial charge in [-0.15, -0.1) is 0 Å². The summed E-state index contributed by atoms with van der Waals surface area (Å²) in [6.07, 6.45) is 0. The molecular formula is C20H18N2O4. The molecule has 0 radical (unpaired) electrons. The summed E-state index contributed by atoms with van der Waals surface area (Å²) in [6, 6.07) is 13.2.